The molecule has 5 nitrogen and oxygen atoms in total. The molecule has 0 saturated carbocycles. The summed E-state index contributed by atoms with van der Waals surface area (Å²) in [5.41, 5.74) is 3.57. The quantitative estimate of drug-likeness (QED) is 0.219. The second-order valence-corrected chi connectivity index (χ2v) is 6.28. The average molecular weight is 430 g/mol. The molecule has 6 heteroatoms. The van der Waals surface area contributed by atoms with Gasteiger partial charge in [-0.1, -0.05) is 28.7 Å². The van der Waals surface area contributed by atoms with Crippen molar-refractivity contribution in [2.75, 3.05) is 18.1 Å². The fourth-order valence-corrected chi connectivity index (χ4v) is 2.84. The van der Waals surface area contributed by atoms with E-state index in [0.717, 1.165) is 27.4 Å². The molecule has 0 spiro atoms. The summed E-state index contributed by atoms with van der Waals surface area (Å²) < 4.78 is 17.4. The van der Waals surface area contributed by atoms with Crippen LogP contribution < -0.4 is 9.47 Å². The highest BCUT2D eigenvalue weighted by molar-refractivity contribution is 14.1. The van der Waals surface area contributed by atoms with E-state index in [0.29, 0.717) is 35.7 Å². The predicted molar refractivity (Wildman–Crippen MR) is 94.8 cm³/mol. The lowest BCUT2D eigenvalue weighted by Crippen LogP contribution is -2.10. The summed E-state index contributed by atoms with van der Waals surface area (Å²) in [6.07, 6.45) is 3.05. The van der Waals surface area contributed by atoms with Crippen LogP contribution in [0.4, 0.5) is 0 Å². The summed E-state index contributed by atoms with van der Waals surface area (Å²) in [6.45, 7) is 4.36. The van der Waals surface area contributed by atoms with Crippen LogP contribution in [-0.4, -0.2) is 30.4 Å². The van der Waals surface area contributed by atoms with E-state index in [2.05, 4.69) is 22.6 Å². The molecular weight excluding hydrogens is 411 g/mol. The van der Waals surface area contributed by atoms with Gasteiger partial charge in [0.05, 0.1) is 13.7 Å². The Labute approximate surface area is 149 Å². The van der Waals surface area contributed by atoms with Gasteiger partial charge in [-0.3, -0.25) is 4.79 Å². The Balaban J connectivity index is 2.64. The molecular formula is C17H19IO5. The first kappa shape index (κ1) is 17.8. The van der Waals surface area contributed by atoms with E-state index < -0.39 is 0 Å². The van der Waals surface area contributed by atoms with E-state index in [-0.39, 0.29) is 12.6 Å². The molecule has 0 fully saturated rings. The number of allylic oxidation sites excluding steroid dienone is 2. The van der Waals surface area contributed by atoms with Crippen molar-refractivity contribution in [3.63, 3.8) is 0 Å². The number of halogens is 1. The molecule has 0 N–H and O–H groups in total. The Kier molecular flexibility index (Phi) is 6.04. The number of methoxy groups -OCH3 is 1. The summed E-state index contributed by atoms with van der Waals surface area (Å²) in [4.78, 5) is 23.0. The van der Waals surface area contributed by atoms with Gasteiger partial charge in [-0.2, -0.15) is 0 Å². The molecule has 124 valence electrons. The van der Waals surface area contributed by atoms with E-state index in [1.807, 2.05) is 6.92 Å². The van der Waals surface area contributed by atoms with Crippen LogP contribution in [-0.2, 0) is 22.6 Å². The van der Waals surface area contributed by atoms with Gasteiger partial charge in [-0.15, -0.1) is 0 Å². The third kappa shape index (κ3) is 3.52. The zero-order valence-electron chi connectivity index (χ0n) is 13.4. The number of ether oxygens (including phenoxy) is 3. The van der Waals surface area contributed by atoms with Gasteiger partial charge >= 0.3 is 5.97 Å². The maximum atomic E-state index is 12.1. The van der Waals surface area contributed by atoms with E-state index in [4.69, 9.17) is 14.2 Å². The lowest BCUT2D eigenvalue weighted by Gasteiger charge is -2.19. The number of hydrogen-bond acceptors (Lipinski definition) is 5. The van der Waals surface area contributed by atoms with Crippen molar-refractivity contribution in [3.05, 3.63) is 33.9 Å². The SMILES string of the molecule is COc1c(C)c2c(c(OCCI)c1C/C=C(\C)C=O)C(=O)OC2. The number of alkyl halides is 1. The van der Waals surface area contributed by atoms with Crippen LogP contribution in [0.5, 0.6) is 11.5 Å². The fraction of sp³-hybridized carbons (Fsp3) is 0.412. The Morgan fingerprint density at radius 1 is 1.39 bits per heavy atom. The smallest absolute Gasteiger partial charge is 0.342 e. The van der Waals surface area contributed by atoms with Crippen molar-refractivity contribution in [2.45, 2.75) is 26.9 Å². The number of cyclic esters (lactones) is 1. The lowest BCUT2D eigenvalue weighted by molar-refractivity contribution is -0.104. The lowest BCUT2D eigenvalue weighted by atomic mass is 9.95. The molecule has 0 aliphatic carbocycles. The molecule has 23 heavy (non-hydrogen) atoms. The second kappa shape index (κ2) is 7.81. The predicted octanol–water partition coefficient (Wildman–Crippen LogP) is 3.18. The standard InChI is InChI=1S/C17H19IO5/c1-10(8-19)4-5-12-15(21-3)11(2)13-9-23-17(20)14(13)16(12)22-7-6-18/h4,8H,5-7,9H2,1-3H3/b10-4+. The number of esters is 1. The highest BCUT2D eigenvalue weighted by atomic mass is 127. The normalized spacial score (nSPS) is 13.6. The van der Waals surface area contributed by atoms with Crippen LogP contribution in [0.3, 0.4) is 0 Å². The van der Waals surface area contributed by atoms with E-state index in [1.54, 1.807) is 20.1 Å². The summed E-state index contributed by atoms with van der Waals surface area (Å²) in [6, 6.07) is 0. The van der Waals surface area contributed by atoms with Gasteiger partial charge in [0.15, 0.2) is 0 Å². The number of carbonyl (C=O) groups is 2. The highest BCUT2D eigenvalue weighted by Gasteiger charge is 2.32. The first-order valence-corrected chi connectivity index (χ1v) is 8.77. The van der Waals surface area contributed by atoms with E-state index in [9.17, 15) is 9.59 Å². The fourth-order valence-electron chi connectivity index (χ4n) is 2.62. The highest BCUT2D eigenvalue weighted by Crippen LogP contribution is 2.42. The minimum Gasteiger partial charge on any atom is -0.496 e. The van der Waals surface area contributed by atoms with Crippen LogP contribution in [0.1, 0.15) is 34.0 Å². The Morgan fingerprint density at radius 3 is 2.74 bits per heavy atom. The second-order valence-electron chi connectivity index (χ2n) is 5.20. The summed E-state index contributed by atoms with van der Waals surface area (Å²) in [5, 5.41) is 0. The third-order valence-electron chi connectivity index (χ3n) is 3.76. The van der Waals surface area contributed by atoms with Gasteiger partial charge in [0.2, 0.25) is 0 Å². The number of benzene rings is 1. The van der Waals surface area contributed by atoms with Crippen molar-refractivity contribution in [1.82, 2.24) is 0 Å². The minimum atomic E-state index is -0.369. The van der Waals surface area contributed by atoms with Gasteiger partial charge in [0.25, 0.3) is 0 Å². The Hall–Kier alpha value is -1.57. The van der Waals surface area contributed by atoms with Gasteiger partial charge in [0, 0.05) is 15.6 Å². The number of hydrogen-bond donors (Lipinski definition) is 0. The van der Waals surface area contributed by atoms with Crippen LogP contribution >= 0.6 is 22.6 Å². The third-order valence-corrected chi connectivity index (χ3v) is 4.20. The van der Waals surface area contributed by atoms with Gasteiger partial charge in [-0.05, 0) is 31.4 Å². The summed E-state index contributed by atoms with van der Waals surface area (Å²) >= 11 is 2.21. The molecule has 0 unspecified atom stereocenters. The van der Waals surface area contributed by atoms with Crippen molar-refractivity contribution < 1.29 is 23.8 Å². The monoisotopic (exact) mass is 430 g/mol. The molecule has 1 aromatic carbocycles. The zero-order chi connectivity index (χ0) is 17.0. The molecule has 1 aliphatic rings. The first-order chi connectivity index (χ1) is 11.0. The van der Waals surface area contributed by atoms with Crippen molar-refractivity contribution >= 4 is 34.8 Å². The van der Waals surface area contributed by atoms with E-state index >= 15 is 0 Å². The zero-order valence-corrected chi connectivity index (χ0v) is 15.6. The Bertz CT molecular complexity index is 664. The molecule has 0 atom stereocenters. The van der Waals surface area contributed by atoms with Gasteiger partial charge in [-0.25, -0.2) is 4.79 Å². The summed E-state index contributed by atoms with van der Waals surface area (Å²) in [5.74, 6) is 0.823. The van der Waals surface area contributed by atoms with Gasteiger partial charge < -0.3 is 14.2 Å². The average Bonchev–Trinajstić information content (AvgIpc) is 2.94. The molecule has 2 rings (SSSR count). The van der Waals surface area contributed by atoms with Crippen LogP contribution in [0.2, 0.25) is 0 Å². The molecule has 0 amide bonds. The van der Waals surface area contributed by atoms with Crippen molar-refractivity contribution in [1.29, 1.82) is 0 Å². The molecule has 0 aromatic heterocycles. The minimum absolute atomic E-state index is 0.237. The molecule has 1 aliphatic heterocycles. The van der Waals surface area contributed by atoms with Crippen LogP contribution in [0.15, 0.2) is 11.6 Å². The molecule has 0 radical (unpaired) electrons. The molecule has 1 aromatic rings. The maximum absolute atomic E-state index is 12.1. The molecule has 0 saturated heterocycles. The molecule has 1 heterocycles. The topological polar surface area (TPSA) is 61.8 Å². The Morgan fingerprint density at radius 2 is 2.13 bits per heavy atom. The van der Waals surface area contributed by atoms with Crippen LogP contribution in [0, 0.1) is 6.92 Å². The van der Waals surface area contributed by atoms with Crippen molar-refractivity contribution in [2.24, 2.45) is 0 Å². The van der Waals surface area contributed by atoms with E-state index in [1.165, 1.54) is 0 Å². The number of rotatable bonds is 7. The first-order valence-electron chi connectivity index (χ1n) is 7.25. The number of aldehydes is 1. The largest absolute Gasteiger partial charge is 0.496 e. The summed E-state index contributed by atoms with van der Waals surface area (Å²) in [7, 11) is 1.59. The number of fused-ring (bicyclic) bond motifs is 1. The van der Waals surface area contributed by atoms with Gasteiger partial charge in [0.1, 0.15) is 30.0 Å². The maximum Gasteiger partial charge on any atom is 0.342 e. The number of carbonyl (C=O) groups excluding carboxylic acids is 2. The molecule has 0 bridgehead atoms. The van der Waals surface area contributed by atoms with Crippen LogP contribution in [0.25, 0.3) is 0 Å². The van der Waals surface area contributed by atoms with Crippen molar-refractivity contribution in [3.8, 4) is 11.5 Å².